The highest BCUT2D eigenvalue weighted by Crippen LogP contribution is 2.26. The minimum absolute atomic E-state index is 0.0618. The molecule has 0 aliphatic heterocycles. The van der Waals surface area contributed by atoms with Gasteiger partial charge >= 0.3 is 0 Å². The van der Waals surface area contributed by atoms with Crippen molar-refractivity contribution in [1.82, 2.24) is 14.4 Å². The van der Waals surface area contributed by atoms with Gasteiger partial charge < -0.3 is 10.1 Å². The molecule has 0 unspecified atom stereocenters. The third-order valence-corrected chi connectivity index (χ3v) is 3.97. The van der Waals surface area contributed by atoms with E-state index in [1.54, 1.807) is 42.7 Å². The third-order valence-electron chi connectivity index (χ3n) is 3.72. The number of hydrogen-bond acceptors (Lipinski definition) is 4. The Kier molecular flexibility index (Phi) is 4.43. The number of amides is 1. The van der Waals surface area contributed by atoms with Gasteiger partial charge in [0.05, 0.1) is 0 Å². The Balaban J connectivity index is 1.72. The fourth-order valence-electron chi connectivity index (χ4n) is 2.48. The lowest BCUT2D eigenvalue weighted by Crippen LogP contribution is -2.15. The van der Waals surface area contributed by atoms with Crippen molar-refractivity contribution in [2.75, 3.05) is 5.32 Å². The predicted octanol–water partition coefficient (Wildman–Crippen LogP) is 4.57. The maximum absolute atomic E-state index is 13.1. The normalized spacial score (nSPS) is 10.7. The van der Waals surface area contributed by atoms with Gasteiger partial charge in [0.1, 0.15) is 11.6 Å². The molecule has 4 aromatic rings. The van der Waals surface area contributed by atoms with Crippen LogP contribution in [-0.4, -0.2) is 20.3 Å². The standard InChI is InChI=1S/C19H12ClFN4O2/c20-12-2-6-14(7-3-12)23-17(26)16-18(24-19-22-10-1-11-25(16)19)27-15-8-4-13(21)5-9-15/h1-11H,(H,23,26). The number of aromatic nitrogens is 3. The predicted molar refractivity (Wildman–Crippen MR) is 98.9 cm³/mol. The number of nitrogens with zero attached hydrogens (tertiary/aromatic N) is 3. The molecule has 0 atom stereocenters. The average Bonchev–Trinajstić information content (AvgIpc) is 3.03. The molecule has 0 fully saturated rings. The summed E-state index contributed by atoms with van der Waals surface area (Å²) in [6.45, 7) is 0. The van der Waals surface area contributed by atoms with Gasteiger partial charge in [0.25, 0.3) is 11.8 Å². The minimum atomic E-state index is -0.435. The van der Waals surface area contributed by atoms with Crippen LogP contribution in [0.1, 0.15) is 10.5 Å². The zero-order chi connectivity index (χ0) is 18.8. The van der Waals surface area contributed by atoms with Gasteiger partial charge in [-0.2, -0.15) is 4.98 Å². The average molecular weight is 383 g/mol. The van der Waals surface area contributed by atoms with Crippen LogP contribution in [0.4, 0.5) is 10.1 Å². The van der Waals surface area contributed by atoms with Crippen LogP contribution in [0, 0.1) is 5.82 Å². The van der Waals surface area contributed by atoms with E-state index in [2.05, 4.69) is 15.3 Å². The number of carbonyl (C=O) groups excluding carboxylic acids is 1. The van der Waals surface area contributed by atoms with Crippen LogP contribution < -0.4 is 10.1 Å². The molecule has 0 saturated heterocycles. The molecule has 0 radical (unpaired) electrons. The molecule has 0 bridgehead atoms. The molecule has 2 heterocycles. The van der Waals surface area contributed by atoms with Crippen molar-refractivity contribution < 1.29 is 13.9 Å². The quantitative estimate of drug-likeness (QED) is 0.561. The highest BCUT2D eigenvalue weighted by Gasteiger charge is 2.22. The monoisotopic (exact) mass is 382 g/mol. The number of hydrogen-bond donors (Lipinski definition) is 1. The topological polar surface area (TPSA) is 68.5 Å². The van der Waals surface area contributed by atoms with Gasteiger partial charge in [-0.05, 0) is 54.6 Å². The smallest absolute Gasteiger partial charge is 0.278 e. The van der Waals surface area contributed by atoms with Gasteiger partial charge in [0.15, 0.2) is 5.69 Å². The first kappa shape index (κ1) is 17.0. The molecule has 27 heavy (non-hydrogen) atoms. The van der Waals surface area contributed by atoms with E-state index in [0.717, 1.165) is 0 Å². The fourth-order valence-corrected chi connectivity index (χ4v) is 2.61. The van der Waals surface area contributed by atoms with Crippen LogP contribution in [0.5, 0.6) is 11.6 Å². The summed E-state index contributed by atoms with van der Waals surface area (Å²) in [5.74, 6) is -0.113. The second-order valence-corrected chi connectivity index (χ2v) is 6.01. The van der Waals surface area contributed by atoms with Crippen molar-refractivity contribution >= 4 is 29.0 Å². The van der Waals surface area contributed by atoms with E-state index >= 15 is 0 Å². The molecule has 2 aromatic carbocycles. The number of nitrogens with one attached hydrogen (secondary N) is 1. The molecular weight excluding hydrogens is 371 g/mol. The maximum atomic E-state index is 13.1. The summed E-state index contributed by atoms with van der Waals surface area (Å²) in [6, 6.07) is 13.8. The number of halogens is 2. The summed E-state index contributed by atoms with van der Waals surface area (Å²) in [5, 5.41) is 3.34. The van der Waals surface area contributed by atoms with Gasteiger partial charge in [-0.15, -0.1) is 0 Å². The molecule has 2 aromatic heterocycles. The van der Waals surface area contributed by atoms with Gasteiger partial charge in [0, 0.05) is 23.1 Å². The molecule has 0 aliphatic carbocycles. The number of carbonyl (C=O) groups is 1. The van der Waals surface area contributed by atoms with E-state index in [0.29, 0.717) is 22.2 Å². The number of rotatable bonds is 4. The Labute approximate surface area is 158 Å². The van der Waals surface area contributed by atoms with Crippen LogP contribution in [0.3, 0.4) is 0 Å². The molecule has 0 saturated carbocycles. The first-order valence-corrected chi connectivity index (χ1v) is 8.31. The minimum Gasteiger partial charge on any atom is -0.437 e. The molecule has 1 amide bonds. The lowest BCUT2D eigenvalue weighted by molar-refractivity contribution is 0.101. The second-order valence-electron chi connectivity index (χ2n) is 5.57. The maximum Gasteiger partial charge on any atom is 0.278 e. The zero-order valence-electron chi connectivity index (χ0n) is 13.8. The number of ether oxygens (including phenoxy) is 1. The summed E-state index contributed by atoms with van der Waals surface area (Å²) in [5.41, 5.74) is 0.730. The highest BCUT2D eigenvalue weighted by atomic mass is 35.5. The molecule has 1 N–H and O–H groups in total. The lowest BCUT2D eigenvalue weighted by atomic mass is 10.3. The van der Waals surface area contributed by atoms with Crippen LogP contribution in [0.25, 0.3) is 5.78 Å². The van der Waals surface area contributed by atoms with E-state index in [4.69, 9.17) is 16.3 Å². The summed E-state index contributed by atoms with van der Waals surface area (Å²) in [6.07, 6.45) is 3.22. The summed E-state index contributed by atoms with van der Waals surface area (Å²) in [7, 11) is 0. The van der Waals surface area contributed by atoms with Gasteiger partial charge in [-0.1, -0.05) is 11.6 Å². The fraction of sp³-hybridized carbons (Fsp3) is 0. The lowest BCUT2D eigenvalue weighted by Gasteiger charge is -2.08. The largest absolute Gasteiger partial charge is 0.437 e. The Morgan fingerprint density at radius 2 is 1.85 bits per heavy atom. The van der Waals surface area contributed by atoms with Crippen LogP contribution in [-0.2, 0) is 0 Å². The van der Waals surface area contributed by atoms with Crippen LogP contribution in [0.15, 0.2) is 67.0 Å². The van der Waals surface area contributed by atoms with Crippen molar-refractivity contribution in [2.24, 2.45) is 0 Å². The van der Waals surface area contributed by atoms with Gasteiger partial charge in [0.2, 0.25) is 5.78 Å². The summed E-state index contributed by atoms with van der Waals surface area (Å²) < 4.78 is 20.3. The van der Waals surface area contributed by atoms with E-state index < -0.39 is 5.91 Å². The number of benzene rings is 2. The van der Waals surface area contributed by atoms with E-state index in [9.17, 15) is 9.18 Å². The van der Waals surface area contributed by atoms with Crippen molar-refractivity contribution in [3.8, 4) is 11.6 Å². The molecule has 0 aliphatic rings. The second kappa shape index (κ2) is 7.05. The SMILES string of the molecule is O=C(Nc1ccc(Cl)cc1)c1c(Oc2ccc(F)cc2)nc2ncccn12. The molecule has 0 spiro atoms. The van der Waals surface area contributed by atoms with Crippen LogP contribution >= 0.6 is 11.6 Å². The highest BCUT2D eigenvalue weighted by molar-refractivity contribution is 6.30. The first-order chi connectivity index (χ1) is 13.1. The summed E-state index contributed by atoms with van der Waals surface area (Å²) >= 11 is 5.87. The van der Waals surface area contributed by atoms with Crippen LogP contribution in [0.2, 0.25) is 5.02 Å². The third kappa shape index (κ3) is 3.58. The Morgan fingerprint density at radius 1 is 1.11 bits per heavy atom. The van der Waals surface area contributed by atoms with E-state index in [1.165, 1.54) is 28.7 Å². The van der Waals surface area contributed by atoms with Gasteiger partial charge in [-0.25, -0.2) is 9.37 Å². The molecular formula is C19H12ClFN4O2. The number of fused-ring (bicyclic) bond motifs is 1. The van der Waals surface area contributed by atoms with Crippen molar-refractivity contribution in [1.29, 1.82) is 0 Å². The molecule has 4 rings (SSSR count). The first-order valence-electron chi connectivity index (χ1n) is 7.93. The molecule has 8 heteroatoms. The summed E-state index contributed by atoms with van der Waals surface area (Å²) in [4.78, 5) is 21.3. The Bertz CT molecular complexity index is 1110. The zero-order valence-corrected chi connectivity index (χ0v) is 14.5. The van der Waals surface area contributed by atoms with Crippen molar-refractivity contribution in [3.63, 3.8) is 0 Å². The number of anilines is 1. The van der Waals surface area contributed by atoms with E-state index in [1.807, 2.05) is 0 Å². The molecule has 6 nitrogen and oxygen atoms in total. The van der Waals surface area contributed by atoms with Gasteiger partial charge in [-0.3, -0.25) is 9.20 Å². The van der Waals surface area contributed by atoms with Crippen molar-refractivity contribution in [3.05, 3.63) is 83.5 Å². The Hall–Kier alpha value is -3.45. The number of imidazole rings is 1. The Morgan fingerprint density at radius 3 is 2.59 bits per heavy atom. The molecule has 134 valence electrons. The van der Waals surface area contributed by atoms with Crippen molar-refractivity contribution in [2.45, 2.75) is 0 Å². The van der Waals surface area contributed by atoms with E-state index in [-0.39, 0.29) is 17.4 Å².